The van der Waals surface area contributed by atoms with Gasteiger partial charge in [0.15, 0.2) is 0 Å². The van der Waals surface area contributed by atoms with Gasteiger partial charge in [0, 0.05) is 7.11 Å². The van der Waals surface area contributed by atoms with Crippen molar-refractivity contribution in [1.29, 1.82) is 0 Å². The van der Waals surface area contributed by atoms with Crippen LogP contribution in [0.2, 0.25) is 0 Å². The number of hydrogen-bond acceptors (Lipinski definition) is 1. The molecule has 22 heavy (non-hydrogen) atoms. The summed E-state index contributed by atoms with van der Waals surface area (Å²) >= 11 is 0. The quantitative estimate of drug-likeness (QED) is 0.621. The third-order valence-electron chi connectivity index (χ3n) is 5.51. The molecule has 0 N–H and O–H groups in total. The lowest BCUT2D eigenvalue weighted by Crippen LogP contribution is -2.19. The molecule has 0 aliphatic heterocycles. The lowest BCUT2D eigenvalue weighted by molar-refractivity contribution is 0.0627. The zero-order valence-corrected chi connectivity index (χ0v) is 14.4. The van der Waals surface area contributed by atoms with Gasteiger partial charge >= 0.3 is 0 Å². The Kier molecular flexibility index (Phi) is 7.81. The molecular weight excluding hydrogens is 268 g/mol. The van der Waals surface area contributed by atoms with Crippen LogP contribution in [0.15, 0.2) is 24.3 Å². The van der Waals surface area contributed by atoms with E-state index in [-0.39, 0.29) is 0 Å². The van der Waals surface area contributed by atoms with Crippen LogP contribution in [0.3, 0.4) is 0 Å². The molecule has 1 nitrogen and oxygen atoms in total. The summed E-state index contributed by atoms with van der Waals surface area (Å²) < 4.78 is 5.41. The van der Waals surface area contributed by atoms with Gasteiger partial charge in [-0.15, -0.1) is 0 Å². The van der Waals surface area contributed by atoms with Gasteiger partial charge in [-0.05, 0) is 81.3 Å². The standard InChI is InChI=1S/C21H32O/c1-3-18-10-12-19(13-11-18)8-6-4-5-7-9-20-14-16-21(22-2)17-15-20/h6-9,18-21H,3,10-17H2,1-2H3/t18-,19-,20-,21-. The van der Waals surface area contributed by atoms with Crippen LogP contribution in [-0.4, -0.2) is 13.2 Å². The topological polar surface area (TPSA) is 9.23 Å². The molecule has 122 valence electrons. The van der Waals surface area contributed by atoms with Gasteiger partial charge in [-0.3, -0.25) is 0 Å². The minimum atomic E-state index is 0.487. The van der Waals surface area contributed by atoms with Crippen LogP contribution >= 0.6 is 0 Å². The summed E-state index contributed by atoms with van der Waals surface area (Å²) in [5.41, 5.74) is 0. The molecule has 0 heterocycles. The molecule has 0 aromatic heterocycles. The lowest BCUT2D eigenvalue weighted by atomic mass is 9.81. The summed E-state index contributed by atoms with van der Waals surface area (Å²) in [6, 6.07) is 0. The SMILES string of the molecule is CC[C@H]1CC[C@H](C=CC#CC=C[C@H]2CC[C@H](OC)CC2)CC1. The van der Waals surface area contributed by atoms with Crippen molar-refractivity contribution in [3.63, 3.8) is 0 Å². The van der Waals surface area contributed by atoms with Crippen molar-refractivity contribution in [2.75, 3.05) is 7.11 Å². The van der Waals surface area contributed by atoms with E-state index < -0.39 is 0 Å². The Morgan fingerprint density at radius 1 is 0.818 bits per heavy atom. The van der Waals surface area contributed by atoms with Gasteiger partial charge in [-0.2, -0.15) is 0 Å². The Bertz CT molecular complexity index is 369. The van der Waals surface area contributed by atoms with Crippen LogP contribution in [0.1, 0.15) is 64.7 Å². The maximum atomic E-state index is 5.41. The number of methoxy groups -OCH3 is 1. The van der Waals surface area contributed by atoms with Crippen LogP contribution in [0.5, 0.6) is 0 Å². The minimum absolute atomic E-state index is 0.487. The van der Waals surface area contributed by atoms with Crippen molar-refractivity contribution in [3.8, 4) is 11.8 Å². The molecule has 0 aromatic rings. The van der Waals surface area contributed by atoms with E-state index in [2.05, 4.69) is 43.1 Å². The first-order chi connectivity index (χ1) is 10.8. The van der Waals surface area contributed by atoms with E-state index in [0.29, 0.717) is 12.0 Å². The van der Waals surface area contributed by atoms with E-state index in [1.807, 2.05) is 7.11 Å². The first-order valence-corrected chi connectivity index (χ1v) is 9.19. The zero-order valence-electron chi connectivity index (χ0n) is 14.4. The predicted molar refractivity (Wildman–Crippen MR) is 94.6 cm³/mol. The molecule has 0 saturated heterocycles. The van der Waals surface area contributed by atoms with E-state index in [9.17, 15) is 0 Å². The molecule has 2 aliphatic carbocycles. The monoisotopic (exact) mass is 300 g/mol. The largest absolute Gasteiger partial charge is 0.381 e. The molecule has 1 heteroatoms. The maximum Gasteiger partial charge on any atom is 0.0571 e. The second kappa shape index (κ2) is 9.90. The fraction of sp³-hybridized carbons (Fsp3) is 0.714. The molecule has 0 aromatic carbocycles. The van der Waals surface area contributed by atoms with Gasteiger partial charge in [0.1, 0.15) is 0 Å². The Morgan fingerprint density at radius 2 is 1.32 bits per heavy atom. The number of ether oxygens (including phenoxy) is 1. The molecule has 0 atom stereocenters. The summed E-state index contributed by atoms with van der Waals surface area (Å²) in [5.74, 6) is 8.79. The molecule has 0 unspecified atom stereocenters. The van der Waals surface area contributed by atoms with Crippen LogP contribution in [-0.2, 0) is 4.74 Å². The minimum Gasteiger partial charge on any atom is -0.381 e. The Balaban J connectivity index is 1.64. The second-order valence-electron chi connectivity index (χ2n) is 6.97. The average Bonchev–Trinajstić information content (AvgIpc) is 2.59. The lowest BCUT2D eigenvalue weighted by Gasteiger charge is -2.25. The van der Waals surface area contributed by atoms with Crippen molar-refractivity contribution in [1.82, 2.24) is 0 Å². The van der Waals surface area contributed by atoms with Crippen LogP contribution < -0.4 is 0 Å². The highest BCUT2D eigenvalue weighted by atomic mass is 16.5. The van der Waals surface area contributed by atoms with Gasteiger partial charge in [0.2, 0.25) is 0 Å². The van der Waals surface area contributed by atoms with Gasteiger partial charge in [-0.25, -0.2) is 0 Å². The molecule has 2 rings (SSSR count). The molecule has 0 amide bonds. The maximum absolute atomic E-state index is 5.41. The summed E-state index contributed by atoms with van der Waals surface area (Å²) in [6.07, 6.45) is 21.0. The Hall–Kier alpha value is -1.00. The van der Waals surface area contributed by atoms with Gasteiger partial charge < -0.3 is 4.74 Å². The number of hydrogen-bond donors (Lipinski definition) is 0. The van der Waals surface area contributed by atoms with Crippen molar-refractivity contribution < 1.29 is 4.74 Å². The first-order valence-electron chi connectivity index (χ1n) is 9.19. The average molecular weight is 300 g/mol. The van der Waals surface area contributed by atoms with Crippen LogP contribution in [0, 0.1) is 29.6 Å². The molecular formula is C21H32O. The van der Waals surface area contributed by atoms with E-state index in [4.69, 9.17) is 4.74 Å². The summed E-state index contributed by atoms with van der Waals surface area (Å²) in [5, 5.41) is 0. The third kappa shape index (κ3) is 6.01. The molecule has 0 radical (unpaired) electrons. The van der Waals surface area contributed by atoms with Crippen molar-refractivity contribution in [2.45, 2.75) is 70.8 Å². The normalized spacial score (nSPS) is 33.0. The fourth-order valence-corrected chi connectivity index (χ4v) is 3.77. The molecule has 2 fully saturated rings. The van der Waals surface area contributed by atoms with E-state index in [0.717, 1.165) is 11.8 Å². The smallest absolute Gasteiger partial charge is 0.0571 e. The third-order valence-corrected chi connectivity index (χ3v) is 5.51. The van der Waals surface area contributed by atoms with Crippen LogP contribution in [0.25, 0.3) is 0 Å². The van der Waals surface area contributed by atoms with Gasteiger partial charge in [0.25, 0.3) is 0 Å². The summed E-state index contributed by atoms with van der Waals surface area (Å²) in [7, 11) is 1.83. The van der Waals surface area contributed by atoms with E-state index in [1.165, 1.54) is 57.8 Å². The molecule has 0 spiro atoms. The highest BCUT2D eigenvalue weighted by Crippen LogP contribution is 2.31. The Morgan fingerprint density at radius 3 is 1.77 bits per heavy atom. The van der Waals surface area contributed by atoms with Crippen molar-refractivity contribution in [2.24, 2.45) is 17.8 Å². The molecule has 2 saturated carbocycles. The zero-order chi connectivity index (χ0) is 15.6. The highest BCUT2D eigenvalue weighted by Gasteiger charge is 2.18. The summed E-state index contributed by atoms with van der Waals surface area (Å²) in [6.45, 7) is 2.32. The predicted octanol–water partition coefficient (Wildman–Crippen LogP) is 5.52. The van der Waals surface area contributed by atoms with E-state index in [1.54, 1.807) is 0 Å². The Labute approximate surface area is 137 Å². The van der Waals surface area contributed by atoms with Gasteiger partial charge in [0.05, 0.1) is 6.10 Å². The number of rotatable bonds is 4. The van der Waals surface area contributed by atoms with Crippen molar-refractivity contribution in [3.05, 3.63) is 24.3 Å². The van der Waals surface area contributed by atoms with Gasteiger partial charge in [-0.1, -0.05) is 37.3 Å². The highest BCUT2D eigenvalue weighted by molar-refractivity contribution is 5.24. The second-order valence-corrected chi connectivity index (χ2v) is 6.97. The molecule has 2 aliphatic rings. The molecule has 0 bridgehead atoms. The number of allylic oxidation sites excluding steroid dienone is 4. The van der Waals surface area contributed by atoms with E-state index >= 15 is 0 Å². The fourth-order valence-electron chi connectivity index (χ4n) is 3.77. The van der Waals surface area contributed by atoms with Crippen molar-refractivity contribution >= 4 is 0 Å². The van der Waals surface area contributed by atoms with Crippen LogP contribution in [0.4, 0.5) is 0 Å². The first kappa shape index (κ1) is 17.4. The summed E-state index contributed by atoms with van der Waals surface area (Å²) in [4.78, 5) is 0.